The van der Waals surface area contributed by atoms with Crippen LogP contribution in [0.25, 0.3) is 0 Å². The number of rotatable bonds is 4. The zero-order valence-electron chi connectivity index (χ0n) is 6.66. The Morgan fingerprint density at radius 3 is 3.00 bits per heavy atom. The summed E-state index contributed by atoms with van der Waals surface area (Å²) in [7, 11) is 0. The lowest BCUT2D eigenvalue weighted by molar-refractivity contribution is -0.107. The Morgan fingerprint density at radius 1 is 1.50 bits per heavy atom. The smallest absolute Gasteiger partial charge is 0.129 e. The number of aryl methyl sites for hydroxylation is 1. The number of aromatic nitrogens is 1. The molecule has 0 spiro atoms. The summed E-state index contributed by atoms with van der Waals surface area (Å²) in [4.78, 5) is 14.1. The molecule has 0 aliphatic rings. The van der Waals surface area contributed by atoms with Crippen LogP contribution in [-0.4, -0.2) is 11.3 Å². The molecule has 0 saturated carbocycles. The van der Waals surface area contributed by atoms with Crippen LogP contribution in [0.5, 0.6) is 0 Å². The van der Waals surface area contributed by atoms with Crippen molar-refractivity contribution in [2.75, 3.05) is 0 Å². The van der Waals surface area contributed by atoms with Gasteiger partial charge in [0, 0.05) is 12.1 Å². The van der Waals surface area contributed by atoms with Gasteiger partial charge in [-0.2, -0.15) is 0 Å². The molecule has 0 aliphatic heterocycles. The molecule has 0 bridgehead atoms. The molecule has 1 aromatic heterocycles. The van der Waals surface area contributed by atoms with Crippen LogP contribution >= 0.6 is 11.6 Å². The van der Waals surface area contributed by atoms with Crippen molar-refractivity contribution in [3.63, 3.8) is 0 Å². The number of halogens is 1. The van der Waals surface area contributed by atoms with Gasteiger partial charge in [-0.1, -0.05) is 17.7 Å². The molecule has 64 valence electrons. The Morgan fingerprint density at radius 2 is 2.33 bits per heavy atom. The average Bonchev–Trinajstić information content (AvgIpc) is 2.05. The highest BCUT2D eigenvalue weighted by molar-refractivity contribution is 6.29. The van der Waals surface area contributed by atoms with Crippen molar-refractivity contribution in [1.82, 2.24) is 4.98 Å². The number of unbranched alkanes of at least 4 members (excludes halogenated alkanes) is 1. The number of hydrogen-bond acceptors (Lipinski definition) is 2. The maximum Gasteiger partial charge on any atom is 0.129 e. The first kappa shape index (κ1) is 9.20. The van der Waals surface area contributed by atoms with Crippen molar-refractivity contribution in [2.24, 2.45) is 0 Å². The van der Waals surface area contributed by atoms with E-state index in [2.05, 4.69) is 4.98 Å². The molecule has 1 heterocycles. The van der Waals surface area contributed by atoms with Crippen molar-refractivity contribution in [2.45, 2.75) is 19.3 Å². The largest absolute Gasteiger partial charge is 0.303 e. The van der Waals surface area contributed by atoms with Gasteiger partial charge in [-0.05, 0) is 25.0 Å². The second kappa shape index (κ2) is 4.88. The summed E-state index contributed by atoms with van der Waals surface area (Å²) < 4.78 is 0. The molecule has 0 amide bonds. The highest BCUT2D eigenvalue weighted by Gasteiger charge is 1.94. The summed E-state index contributed by atoms with van der Waals surface area (Å²) in [6.45, 7) is 0. The highest BCUT2D eigenvalue weighted by atomic mass is 35.5. The Hall–Kier alpha value is -0.890. The zero-order chi connectivity index (χ0) is 8.81. The summed E-state index contributed by atoms with van der Waals surface area (Å²) in [5, 5.41) is 0.513. The van der Waals surface area contributed by atoms with Crippen molar-refractivity contribution in [3.05, 3.63) is 29.0 Å². The summed E-state index contributed by atoms with van der Waals surface area (Å²) in [6.07, 6.45) is 3.18. The minimum Gasteiger partial charge on any atom is -0.303 e. The fourth-order valence-corrected chi connectivity index (χ4v) is 1.14. The van der Waals surface area contributed by atoms with Crippen molar-refractivity contribution in [3.8, 4) is 0 Å². The number of aldehydes is 1. The van der Waals surface area contributed by atoms with Gasteiger partial charge in [-0.25, -0.2) is 4.98 Å². The molecule has 0 aliphatic carbocycles. The van der Waals surface area contributed by atoms with Gasteiger partial charge < -0.3 is 4.79 Å². The lowest BCUT2D eigenvalue weighted by Crippen LogP contribution is -1.90. The van der Waals surface area contributed by atoms with Crippen LogP contribution in [0.3, 0.4) is 0 Å². The molecule has 0 fully saturated rings. The van der Waals surface area contributed by atoms with Crippen molar-refractivity contribution >= 4 is 17.9 Å². The van der Waals surface area contributed by atoms with Gasteiger partial charge in [0.25, 0.3) is 0 Å². The third-order valence-electron chi connectivity index (χ3n) is 1.53. The predicted octanol–water partition coefficient (Wildman–Crippen LogP) is 2.26. The molecular weight excluding hydrogens is 174 g/mol. The maximum absolute atomic E-state index is 10.0. The first-order valence-corrected chi connectivity index (χ1v) is 4.26. The normalized spacial score (nSPS) is 9.75. The maximum atomic E-state index is 10.0. The topological polar surface area (TPSA) is 30.0 Å². The van der Waals surface area contributed by atoms with E-state index < -0.39 is 0 Å². The molecule has 0 N–H and O–H groups in total. The van der Waals surface area contributed by atoms with E-state index in [1.807, 2.05) is 12.1 Å². The fraction of sp³-hybridized carbons (Fsp3) is 0.333. The molecule has 0 saturated heterocycles. The number of hydrogen-bond donors (Lipinski definition) is 0. The first-order valence-electron chi connectivity index (χ1n) is 3.88. The molecule has 2 nitrogen and oxygen atoms in total. The van der Waals surface area contributed by atoms with Crippen LogP contribution in [0.15, 0.2) is 18.2 Å². The van der Waals surface area contributed by atoms with E-state index in [0.29, 0.717) is 11.6 Å². The highest BCUT2D eigenvalue weighted by Crippen LogP contribution is 2.07. The van der Waals surface area contributed by atoms with Gasteiger partial charge in [0.1, 0.15) is 11.4 Å². The fourth-order valence-electron chi connectivity index (χ4n) is 0.956. The number of carbonyl (C=O) groups excluding carboxylic acids is 1. The number of pyridine rings is 1. The standard InChI is InChI=1S/C9H10ClNO/c10-9-6-3-5-8(11-9)4-1-2-7-12/h3,5-7H,1-2,4H2. The van der Waals surface area contributed by atoms with Gasteiger partial charge in [0.15, 0.2) is 0 Å². The van der Waals surface area contributed by atoms with E-state index in [0.717, 1.165) is 24.8 Å². The van der Waals surface area contributed by atoms with E-state index in [1.165, 1.54) is 0 Å². The van der Waals surface area contributed by atoms with E-state index in [4.69, 9.17) is 11.6 Å². The van der Waals surface area contributed by atoms with Crippen molar-refractivity contribution in [1.29, 1.82) is 0 Å². The zero-order valence-corrected chi connectivity index (χ0v) is 7.42. The second-order valence-corrected chi connectivity index (χ2v) is 2.90. The average molecular weight is 184 g/mol. The molecule has 12 heavy (non-hydrogen) atoms. The van der Waals surface area contributed by atoms with Crippen LogP contribution in [0.4, 0.5) is 0 Å². The van der Waals surface area contributed by atoms with Gasteiger partial charge in [0.2, 0.25) is 0 Å². The van der Waals surface area contributed by atoms with Crippen molar-refractivity contribution < 1.29 is 4.79 Å². The van der Waals surface area contributed by atoms with Gasteiger partial charge in [-0.3, -0.25) is 0 Å². The molecule has 0 unspecified atom stereocenters. The summed E-state index contributed by atoms with van der Waals surface area (Å²) in [5.41, 5.74) is 0.948. The third kappa shape index (κ3) is 3.01. The molecule has 1 rings (SSSR count). The summed E-state index contributed by atoms with van der Waals surface area (Å²) in [5.74, 6) is 0. The molecule has 0 atom stereocenters. The van der Waals surface area contributed by atoms with Crippen LogP contribution in [-0.2, 0) is 11.2 Å². The lowest BCUT2D eigenvalue weighted by Gasteiger charge is -1.97. The Bertz CT molecular complexity index is 262. The Labute approximate surface area is 76.6 Å². The van der Waals surface area contributed by atoms with E-state index >= 15 is 0 Å². The van der Waals surface area contributed by atoms with Gasteiger partial charge >= 0.3 is 0 Å². The molecule has 3 heteroatoms. The minimum absolute atomic E-state index is 0.513. The Kier molecular flexibility index (Phi) is 3.74. The van der Waals surface area contributed by atoms with Crippen LogP contribution in [0.2, 0.25) is 5.15 Å². The van der Waals surface area contributed by atoms with Crippen LogP contribution in [0, 0.1) is 0 Å². The predicted molar refractivity (Wildman–Crippen MR) is 48.2 cm³/mol. The van der Waals surface area contributed by atoms with Gasteiger partial charge in [0.05, 0.1) is 0 Å². The Balaban J connectivity index is 2.46. The second-order valence-electron chi connectivity index (χ2n) is 2.51. The third-order valence-corrected chi connectivity index (χ3v) is 1.74. The lowest BCUT2D eigenvalue weighted by atomic mass is 10.2. The number of carbonyl (C=O) groups is 1. The van der Waals surface area contributed by atoms with Crippen LogP contribution < -0.4 is 0 Å². The van der Waals surface area contributed by atoms with E-state index in [-0.39, 0.29) is 0 Å². The van der Waals surface area contributed by atoms with E-state index in [1.54, 1.807) is 6.07 Å². The minimum atomic E-state index is 0.513. The molecular formula is C9H10ClNO. The molecule has 0 radical (unpaired) electrons. The SMILES string of the molecule is O=CCCCc1cccc(Cl)n1. The first-order chi connectivity index (χ1) is 5.83. The molecule has 0 aromatic carbocycles. The monoisotopic (exact) mass is 183 g/mol. The molecule has 1 aromatic rings. The van der Waals surface area contributed by atoms with Gasteiger partial charge in [-0.15, -0.1) is 0 Å². The van der Waals surface area contributed by atoms with Crippen LogP contribution in [0.1, 0.15) is 18.5 Å². The quantitative estimate of drug-likeness (QED) is 0.407. The summed E-state index contributed by atoms with van der Waals surface area (Å²) in [6, 6.07) is 5.52. The van der Waals surface area contributed by atoms with E-state index in [9.17, 15) is 4.79 Å². The number of nitrogens with zero attached hydrogens (tertiary/aromatic N) is 1. The summed E-state index contributed by atoms with van der Waals surface area (Å²) >= 11 is 5.68.